The van der Waals surface area contributed by atoms with Crippen molar-refractivity contribution in [2.75, 3.05) is 0 Å². The number of hydrogen-bond acceptors (Lipinski definition) is 0. The summed E-state index contributed by atoms with van der Waals surface area (Å²) in [7, 11) is 0. The van der Waals surface area contributed by atoms with Crippen LogP contribution >= 0.6 is 0 Å². The minimum Gasteiger partial charge on any atom is -0.266 e. The quantitative estimate of drug-likeness (QED) is 0.411. The molecule has 0 nitrogen and oxygen atoms in total. The van der Waals surface area contributed by atoms with E-state index in [1.165, 1.54) is 33.4 Å². The SMILES string of the molecule is CC1=[C-]C(C)C(C)=C1C.CC1=[C-]C(C)C(C)=C1C.[Ti+2]. The van der Waals surface area contributed by atoms with Gasteiger partial charge in [0.15, 0.2) is 0 Å². The molecule has 0 aromatic carbocycles. The molecule has 102 valence electrons. The minimum atomic E-state index is 0. The Bertz CT molecular complexity index is 414. The molecule has 0 amide bonds. The maximum atomic E-state index is 3.36. The van der Waals surface area contributed by atoms with Crippen LogP contribution < -0.4 is 0 Å². The van der Waals surface area contributed by atoms with Gasteiger partial charge in [0.1, 0.15) is 0 Å². The van der Waals surface area contributed by atoms with Gasteiger partial charge >= 0.3 is 21.7 Å². The van der Waals surface area contributed by atoms with E-state index in [0.29, 0.717) is 11.8 Å². The van der Waals surface area contributed by atoms with E-state index in [9.17, 15) is 0 Å². The fourth-order valence-corrected chi connectivity index (χ4v) is 2.32. The Kier molecular flexibility index (Phi) is 7.33. The molecule has 0 bridgehead atoms. The average molecular weight is 290 g/mol. The number of allylic oxidation sites excluding steroid dienone is 8. The van der Waals surface area contributed by atoms with E-state index < -0.39 is 0 Å². The maximum absolute atomic E-state index is 3.36. The third-order valence-electron chi connectivity index (χ3n) is 4.47. The molecule has 0 heterocycles. The zero-order chi connectivity index (χ0) is 14.0. The summed E-state index contributed by atoms with van der Waals surface area (Å²) >= 11 is 0. The van der Waals surface area contributed by atoms with Crippen LogP contribution in [0.5, 0.6) is 0 Å². The largest absolute Gasteiger partial charge is 2.00 e. The Labute approximate surface area is 134 Å². The molecule has 2 rings (SSSR count). The normalized spacial score (nSPS) is 25.7. The predicted molar refractivity (Wildman–Crippen MR) is 79.9 cm³/mol. The van der Waals surface area contributed by atoms with Gasteiger partial charge in [-0.2, -0.15) is 22.3 Å². The van der Waals surface area contributed by atoms with Crippen LogP contribution in [0.3, 0.4) is 0 Å². The van der Waals surface area contributed by atoms with Gasteiger partial charge in [-0.3, -0.25) is 12.2 Å². The van der Waals surface area contributed by atoms with Crippen LogP contribution in [-0.2, 0) is 21.7 Å². The van der Waals surface area contributed by atoms with Crippen molar-refractivity contribution in [2.45, 2.75) is 55.4 Å². The molecule has 0 aromatic rings. The van der Waals surface area contributed by atoms with Gasteiger partial charge in [0, 0.05) is 0 Å². The first-order valence-corrected chi connectivity index (χ1v) is 6.81. The summed E-state index contributed by atoms with van der Waals surface area (Å²) in [5.74, 6) is 1.12. The first-order chi connectivity index (χ1) is 8.25. The van der Waals surface area contributed by atoms with Crippen LogP contribution in [0, 0.1) is 24.0 Å². The summed E-state index contributed by atoms with van der Waals surface area (Å²) in [5, 5.41) is 0. The van der Waals surface area contributed by atoms with E-state index in [1.54, 1.807) is 0 Å². The molecule has 2 atom stereocenters. The molecular weight excluding hydrogens is 264 g/mol. The van der Waals surface area contributed by atoms with Gasteiger partial charge in [0.05, 0.1) is 0 Å². The van der Waals surface area contributed by atoms with Gasteiger partial charge in [0.2, 0.25) is 0 Å². The standard InChI is InChI=1S/2C9H13.Ti/c2*1-6-5-7(2)9(4)8(6)3;/h2*6H,1-4H3;/q2*-1;+2. The van der Waals surface area contributed by atoms with E-state index in [0.717, 1.165) is 0 Å². The van der Waals surface area contributed by atoms with Gasteiger partial charge in [0.25, 0.3) is 0 Å². The smallest absolute Gasteiger partial charge is 0.266 e. The van der Waals surface area contributed by atoms with Gasteiger partial charge < -0.3 is 0 Å². The third-order valence-corrected chi connectivity index (χ3v) is 4.47. The van der Waals surface area contributed by atoms with Crippen molar-refractivity contribution in [1.29, 1.82) is 0 Å². The third kappa shape index (κ3) is 4.33. The second-order valence-electron chi connectivity index (χ2n) is 5.60. The van der Waals surface area contributed by atoms with Crippen molar-refractivity contribution < 1.29 is 21.7 Å². The Morgan fingerprint density at radius 2 is 0.895 bits per heavy atom. The Morgan fingerprint density at radius 1 is 0.632 bits per heavy atom. The summed E-state index contributed by atoms with van der Waals surface area (Å²) in [6.45, 7) is 17.3. The molecule has 0 aliphatic heterocycles. The van der Waals surface area contributed by atoms with Crippen molar-refractivity contribution in [2.24, 2.45) is 11.8 Å². The molecular formula is C18H26Ti. The molecule has 2 unspecified atom stereocenters. The molecule has 0 aromatic heterocycles. The Morgan fingerprint density at radius 3 is 0.947 bits per heavy atom. The summed E-state index contributed by atoms with van der Waals surface area (Å²) in [6, 6.07) is 0. The molecule has 19 heavy (non-hydrogen) atoms. The zero-order valence-electron chi connectivity index (χ0n) is 13.7. The number of rotatable bonds is 0. The molecule has 1 heteroatoms. The predicted octanol–water partition coefficient (Wildman–Crippen LogP) is 5.44. The topological polar surface area (TPSA) is 0 Å². The Hall–Kier alpha value is -0.326. The molecule has 0 N–H and O–H groups in total. The Balaban J connectivity index is 0.000000324. The molecule has 2 aliphatic rings. The van der Waals surface area contributed by atoms with Crippen LogP contribution in [0.1, 0.15) is 55.4 Å². The van der Waals surface area contributed by atoms with Crippen molar-refractivity contribution >= 4 is 0 Å². The van der Waals surface area contributed by atoms with Crippen molar-refractivity contribution in [3.8, 4) is 0 Å². The van der Waals surface area contributed by atoms with E-state index in [4.69, 9.17) is 0 Å². The van der Waals surface area contributed by atoms with Crippen LogP contribution in [0.4, 0.5) is 0 Å². The van der Waals surface area contributed by atoms with Gasteiger partial charge in [-0.05, 0) is 0 Å². The summed E-state index contributed by atoms with van der Waals surface area (Å²) in [6.07, 6.45) is 6.72. The minimum absolute atomic E-state index is 0. The average Bonchev–Trinajstić information content (AvgIpc) is 2.66. The van der Waals surface area contributed by atoms with Gasteiger partial charge in [-0.15, -0.1) is 13.8 Å². The summed E-state index contributed by atoms with van der Waals surface area (Å²) in [5.41, 5.74) is 8.49. The van der Waals surface area contributed by atoms with E-state index in [1.807, 2.05) is 0 Å². The van der Waals surface area contributed by atoms with Crippen LogP contribution in [0.15, 0.2) is 33.4 Å². The van der Waals surface area contributed by atoms with Crippen LogP contribution in [-0.4, -0.2) is 0 Å². The molecule has 0 radical (unpaired) electrons. The maximum Gasteiger partial charge on any atom is 2.00 e. The zero-order valence-corrected chi connectivity index (χ0v) is 15.2. The van der Waals surface area contributed by atoms with Crippen molar-refractivity contribution in [1.82, 2.24) is 0 Å². The molecule has 0 saturated carbocycles. The first-order valence-electron chi connectivity index (χ1n) is 6.81. The molecule has 0 spiro atoms. The van der Waals surface area contributed by atoms with Crippen LogP contribution in [0.2, 0.25) is 0 Å². The summed E-state index contributed by atoms with van der Waals surface area (Å²) in [4.78, 5) is 0. The fraction of sp³-hybridized carbons (Fsp3) is 0.556. The second kappa shape index (κ2) is 7.45. The van der Waals surface area contributed by atoms with E-state index in [2.05, 4.69) is 67.5 Å². The van der Waals surface area contributed by atoms with Crippen molar-refractivity contribution in [3.63, 3.8) is 0 Å². The van der Waals surface area contributed by atoms with E-state index in [-0.39, 0.29) is 21.7 Å². The first kappa shape index (κ1) is 18.7. The molecule has 2 aliphatic carbocycles. The second-order valence-corrected chi connectivity index (χ2v) is 5.60. The van der Waals surface area contributed by atoms with Gasteiger partial charge in [-0.25, -0.2) is 11.1 Å². The monoisotopic (exact) mass is 290 g/mol. The summed E-state index contributed by atoms with van der Waals surface area (Å²) < 4.78 is 0. The van der Waals surface area contributed by atoms with Crippen LogP contribution in [0.25, 0.3) is 0 Å². The van der Waals surface area contributed by atoms with Gasteiger partial charge in [-0.1, -0.05) is 53.4 Å². The fourth-order valence-electron chi connectivity index (χ4n) is 2.32. The van der Waals surface area contributed by atoms with Crippen molar-refractivity contribution in [3.05, 3.63) is 45.6 Å². The van der Waals surface area contributed by atoms with E-state index >= 15 is 0 Å². The molecule has 0 fully saturated rings. The number of hydrogen-bond donors (Lipinski definition) is 0. The molecule has 0 saturated heterocycles.